The van der Waals surface area contributed by atoms with E-state index in [1.54, 1.807) is 24.3 Å². The fraction of sp³-hybridized carbons (Fsp3) is 0.391. The molecule has 0 heterocycles. The third-order valence-electron chi connectivity index (χ3n) is 5.47. The largest absolute Gasteiger partial charge is 0.336 e. The molecule has 0 aromatic heterocycles. The number of rotatable bonds is 5. The Morgan fingerprint density at radius 3 is 2.50 bits per heavy atom. The molecule has 0 atom stereocenters. The van der Waals surface area contributed by atoms with Crippen LogP contribution in [0, 0.1) is 12.7 Å². The van der Waals surface area contributed by atoms with Crippen molar-refractivity contribution in [3.63, 3.8) is 0 Å². The molecule has 1 aliphatic carbocycles. The van der Waals surface area contributed by atoms with Gasteiger partial charge in [-0.1, -0.05) is 37.5 Å². The van der Waals surface area contributed by atoms with Crippen LogP contribution in [0.15, 0.2) is 42.5 Å². The maximum absolute atomic E-state index is 13.9. The summed E-state index contributed by atoms with van der Waals surface area (Å²) in [5.74, 6) is -1.11. The van der Waals surface area contributed by atoms with Crippen LogP contribution in [0.4, 0.5) is 10.1 Å². The number of nitrogens with one attached hydrogen (secondary N) is 1. The summed E-state index contributed by atoms with van der Waals surface area (Å²) in [4.78, 5) is 27.5. The van der Waals surface area contributed by atoms with E-state index in [1.807, 2.05) is 24.8 Å². The summed E-state index contributed by atoms with van der Waals surface area (Å²) in [5.41, 5.74) is 1.87. The summed E-state index contributed by atoms with van der Waals surface area (Å²) in [5, 5.41) is 2.75. The third-order valence-corrected chi connectivity index (χ3v) is 5.47. The number of carbonyl (C=O) groups is 2. The second kappa shape index (κ2) is 9.00. The molecule has 2 aromatic carbocycles. The van der Waals surface area contributed by atoms with Crippen LogP contribution < -0.4 is 5.32 Å². The lowest BCUT2D eigenvalue weighted by Crippen LogP contribution is -2.41. The van der Waals surface area contributed by atoms with Gasteiger partial charge in [0.05, 0.1) is 5.56 Å². The molecule has 1 fully saturated rings. The number of halogens is 1. The van der Waals surface area contributed by atoms with Crippen molar-refractivity contribution in [2.45, 2.75) is 52.0 Å². The lowest BCUT2D eigenvalue weighted by Gasteiger charge is -2.33. The van der Waals surface area contributed by atoms with Gasteiger partial charge in [0.25, 0.3) is 11.8 Å². The molecule has 2 aromatic rings. The smallest absolute Gasteiger partial charge is 0.258 e. The van der Waals surface area contributed by atoms with Crippen LogP contribution >= 0.6 is 0 Å². The van der Waals surface area contributed by atoms with E-state index in [-0.39, 0.29) is 17.5 Å². The predicted molar refractivity (Wildman–Crippen MR) is 109 cm³/mol. The minimum absolute atomic E-state index is 0.0176. The van der Waals surface area contributed by atoms with Gasteiger partial charge in [-0.3, -0.25) is 9.59 Å². The first kappa shape index (κ1) is 20.1. The van der Waals surface area contributed by atoms with E-state index in [0.717, 1.165) is 31.2 Å². The van der Waals surface area contributed by atoms with E-state index in [4.69, 9.17) is 0 Å². The van der Waals surface area contributed by atoms with E-state index in [9.17, 15) is 14.0 Å². The second-order valence-corrected chi connectivity index (χ2v) is 7.35. The molecule has 3 rings (SSSR count). The van der Waals surface area contributed by atoms with Crippen molar-refractivity contribution < 1.29 is 14.0 Å². The highest BCUT2D eigenvalue weighted by Gasteiger charge is 2.25. The molecule has 1 N–H and O–H groups in total. The van der Waals surface area contributed by atoms with Crippen LogP contribution in [-0.4, -0.2) is 29.3 Å². The zero-order valence-electron chi connectivity index (χ0n) is 16.5. The highest BCUT2D eigenvalue weighted by Crippen LogP contribution is 2.25. The number of anilines is 1. The molecule has 1 aliphatic rings. The number of nitrogens with zero attached hydrogens (tertiary/aromatic N) is 1. The van der Waals surface area contributed by atoms with Crippen LogP contribution in [0.1, 0.15) is 65.3 Å². The normalized spacial score (nSPS) is 14.5. The first-order valence-electron chi connectivity index (χ1n) is 9.98. The maximum Gasteiger partial charge on any atom is 0.258 e. The fourth-order valence-electron chi connectivity index (χ4n) is 3.85. The van der Waals surface area contributed by atoms with Gasteiger partial charge in [-0.05, 0) is 56.5 Å². The molecule has 0 aliphatic heterocycles. The van der Waals surface area contributed by atoms with Gasteiger partial charge in [-0.25, -0.2) is 4.39 Å². The highest BCUT2D eigenvalue weighted by atomic mass is 19.1. The lowest BCUT2D eigenvalue weighted by atomic mass is 9.93. The average Bonchev–Trinajstić information content (AvgIpc) is 2.71. The zero-order chi connectivity index (χ0) is 20.1. The summed E-state index contributed by atoms with van der Waals surface area (Å²) in [6, 6.07) is 11.4. The minimum atomic E-state index is -0.570. The van der Waals surface area contributed by atoms with Crippen LogP contribution in [0.2, 0.25) is 0 Å². The van der Waals surface area contributed by atoms with Gasteiger partial charge in [0.1, 0.15) is 5.82 Å². The molecule has 0 saturated heterocycles. The average molecular weight is 382 g/mol. The Kier molecular flexibility index (Phi) is 6.45. The van der Waals surface area contributed by atoms with Crippen molar-refractivity contribution in [1.82, 2.24) is 4.90 Å². The van der Waals surface area contributed by atoms with Crippen molar-refractivity contribution in [2.75, 3.05) is 11.9 Å². The predicted octanol–water partition coefficient (Wildman–Crippen LogP) is 5.18. The standard InChI is InChI=1S/C23H27FN2O2/c1-3-26(18-9-5-4-6-10-18)23(28)17-14-13-16(2)21(15-17)25-22(27)19-11-7-8-12-20(19)24/h7-8,11-15,18H,3-6,9-10H2,1-2H3,(H,25,27). The first-order chi connectivity index (χ1) is 13.5. The first-order valence-corrected chi connectivity index (χ1v) is 9.98. The maximum atomic E-state index is 13.9. The van der Waals surface area contributed by atoms with Gasteiger partial charge in [-0.15, -0.1) is 0 Å². The molecule has 1 saturated carbocycles. The van der Waals surface area contributed by atoms with E-state index >= 15 is 0 Å². The monoisotopic (exact) mass is 382 g/mol. The summed E-state index contributed by atoms with van der Waals surface area (Å²) < 4.78 is 13.9. The van der Waals surface area contributed by atoms with Crippen molar-refractivity contribution in [3.8, 4) is 0 Å². The number of hydrogen-bond donors (Lipinski definition) is 1. The number of carbonyl (C=O) groups excluding carboxylic acids is 2. The Morgan fingerprint density at radius 1 is 1.11 bits per heavy atom. The second-order valence-electron chi connectivity index (χ2n) is 7.35. The van der Waals surface area contributed by atoms with Crippen molar-refractivity contribution >= 4 is 17.5 Å². The van der Waals surface area contributed by atoms with Crippen LogP contribution in [-0.2, 0) is 0 Å². The summed E-state index contributed by atoms with van der Waals surface area (Å²) in [6.07, 6.45) is 5.64. The molecule has 5 heteroatoms. The Morgan fingerprint density at radius 2 is 1.82 bits per heavy atom. The molecule has 28 heavy (non-hydrogen) atoms. The number of hydrogen-bond acceptors (Lipinski definition) is 2. The van der Waals surface area contributed by atoms with Gasteiger partial charge in [0.2, 0.25) is 0 Å². The fourth-order valence-corrected chi connectivity index (χ4v) is 3.85. The highest BCUT2D eigenvalue weighted by molar-refractivity contribution is 6.05. The molecular formula is C23H27FN2O2. The molecule has 0 radical (unpaired) electrons. The summed E-state index contributed by atoms with van der Waals surface area (Å²) in [7, 11) is 0. The lowest BCUT2D eigenvalue weighted by molar-refractivity contribution is 0.0647. The van der Waals surface area contributed by atoms with Crippen LogP contribution in [0.25, 0.3) is 0 Å². The SMILES string of the molecule is CCN(C(=O)c1ccc(C)c(NC(=O)c2ccccc2F)c1)C1CCCCC1. The van der Waals surface area contributed by atoms with Gasteiger partial charge in [0, 0.05) is 23.8 Å². The molecule has 148 valence electrons. The van der Waals surface area contributed by atoms with Crippen LogP contribution in [0.5, 0.6) is 0 Å². The van der Waals surface area contributed by atoms with Crippen molar-refractivity contribution in [3.05, 3.63) is 65.0 Å². The Labute approximate surface area is 165 Å². The molecule has 2 amide bonds. The molecule has 4 nitrogen and oxygen atoms in total. The third kappa shape index (κ3) is 4.41. The van der Waals surface area contributed by atoms with Crippen molar-refractivity contribution in [1.29, 1.82) is 0 Å². The molecule has 0 spiro atoms. The number of aryl methyl sites for hydroxylation is 1. The summed E-state index contributed by atoms with van der Waals surface area (Å²) >= 11 is 0. The Balaban J connectivity index is 1.81. The molecule has 0 bridgehead atoms. The molecule has 0 unspecified atom stereocenters. The van der Waals surface area contributed by atoms with E-state index in [0.29, 0.717) is 17.8 Å². The van der Waals surface area contributed by atoms with Gasteiger partial charge >= 0.3 is 0 Å². The van der Waals surface area contributed by atoms with Crippen molar-refractivity contribution in [2.24, 2.45) is 0 Å². The minimum Gasteiger partial charge on any atom is -0.336 e. The van der Waals surface area contributed by atoms with Crippen LogP contribution in [0.3, 0.4) is 0 Å². The van der Waals surface area contributed by atoms with E-state index in [1.165, 1.54) is 18.6 Å². The zero-order valence-corrected chi connectivity index (χ0v) is 16.5. The Bertz CT molecular complexity index is 859. The Hall–Kier alpha value is -2.69. The van der Waals surface area contributed by atoms with E-state index < -0.39 is 11.7 Å². The van der Waals surface area contributed by atoms with E-state index in [2.05, 4.69) is 5.32 Å². The quantitative estimate of drug-likeness (QED) is 0.774. The van der Waals surface area contributed by atoms with Gasteiger partial charge in [0.15, 0.2) is 0 Å². The number of benzene rings is 2. The van der Waals surface area contributed by atoms with Gasteiger partial charge in [-0.2, -0.15) is 0 Å². The van der Waals surface area contributed by atoms with Gasteiger partial charge < -0.3 is 10.2 Å². The topological polar surface area (TPSA) is 49.4 Å². The number of amides is 2. The molecular weight excluding hydrogens is 355 g/mol. The summed E-state index contributed by atoms with van der Waals surface area (Å²) in [6.45, 7) is 4.51.